The van der Waals surface area contributed by atoms with Gasteiger partial charge >= 0.3 is 16.5 Å². The second-order valence-corrected chi connectivity index (χ2v) is 11.3. The second-order valence-electron chi connectivity index (χ2n) is 9.55. The van der Waals surface area contributed by atoms with Crippen molar-refractivity contribution in [2.45, 2.75) is 112 Å². The van der Waals surface area contributed by atoms with E-state index in [-0.39, 0.29) is 16.5 Å². The minimum atomic E-state index is 0. The van der Waals surface area contributed by atoms with Crippen LogP contribution in [0.25, 0.3) is 0 Å². The molecule has 1 nitrogen and oxygen atoms in total. The van der Waals surface area contributed by atoms with Crippen molar-refractivity contribution in [1.29, 1.82) is 0 Å². The predicted molar refractivity (Wildman–Crippen MR) is 164 cm³/mol. The second kappa shape index (κ2) is 22.7. The molecule has 36 heavy (non-hydrogen) atoms. The quantitative estimate of drug-likeness (QED) is 0.134. The molecular formula is C30H48NNiS4. The van der Waals surface area contributed by atoms with Crippen molar-refractivity contribution in [3.05, 3.63) is 47.5 Å². The average Bonchev–Trinajstić information content (AvgIpc) is 2.84. The Labute approximate surface area is 256 Å². The Morgan fingerprint density at radius 3 is 0.972 bits per heavy atom. The van der Waals surface area contributed by atoms with Crippen molar-refractivity contribution in [2.75, 3.05) is 26.2 Å². The van der Waals surface area contributed by atoms with Gasteiger partial charge < -0.3 is 55.0 Å². The predicted octanol–water partition coefficient (Wildman–Crippen LogP) is 8.61. The largest absolute Gasteiger partial charge is 3.00 e. The molecule has 0 unspecified atom stereocenters. The van der Waals surface area contributed by atoms with E-state index < -0.39 is 0 Å². The minimum absolute atomic E-state index is 0. The van der Waals surface area contributed by atoms with Crippen LogP contribution in [0.1, 0.15) is 90.2 Å². The third-order valence-corrected chi connectivity index (χ3v) is 7.79. The normalized spacial score (nSPS) is 10.4. The summed E-state index contributed by atoms with van der Waals surface area (Å²) in [4.78, 5) is 3.11. The van der Waals surface area contributed by atoms with Crippen LogP contribution in [0.5, 0.6) is 0 Å². The summed E-state index contributed by atoms with van der Waals surface area (Å²) in [5.41, 5.74) is 2.35. The van der Waals surface area contributed by atoms with Gasteiger partial charge in [-0.15, -0.1) is 0 Å². The molecule has 0 bridgehead atoms. The minimum Gasteiger partial charge on any atom is -0.781 e. The zero-order chi connectivity index (χ0) is 26.7. The first kappa shape index (κ1) is 37.9. The van der Waals surface area contributed by atoms with Crippen LogP contribution >= 0.6 is 0 Å². The maximum atomic E-state index is 4.94. The van der Waals surface area contributed by atoms with Crippen LogP contribution in [0, 0.1) is 13.8 Å². The molecule has 2 aromatic carbocycles. The molecule has 0 saturated carbocycles. The van der Waals surface area contributed by atoms with Crippen molar-refractivity contribution in [3.63, 3.8) is 0 Å². The van der Waals surface area contributed by atoms with Gasteiger partial charge in [0.25, 0.3) is 0 Å². The Morgan fingerprint density at radius 1 is 0.500 bits per heavy atom. The monoisotopic (exact) mass is 608 g/mol. The van der Waals surface area contributed by atoms with Gasteiger partial charge in [0.05, 0.1) is 26.2 Å². The number of nitrogens with zero attached hydrogens (tertiary/aromatic N) is 1. The molecule has 0 aliphatic heterocycles. The number of hydrogen-bond acceptors (Lipinski definition) is 4. The van der Waals surface area contributed by atoms with Crippen LogP contribution in [-0.2, 0) is 67.0 Å². The molecule has 0 spiro atoms. The van der Waals surface area contributed by atoms with Crippen LogP contribution in [-0.4, -0.2) is 30.7 Å². The van der Waals surface area contributed by atoms with Gasteiger partial charge in [-0.2, -0.15) is 19.6 Å². The number of benzene rings is 2. The van der Waals surface area contributed by atoms with Gasteiger partial charge in [-0.25, -0.2) is 0 Å². The van der Waals surface area contributed by atoms with Gasteiger partial charge in [0, 0.05) is 0 Å². The third-order valence-electron chi connectivity index (χ3n) is 6.14. The van der Waals surface area contributed by atoms with Crippen LogP contribution in [0.15, 0.2) is 56.0 Å². The summed E-state index contributed by atoms with van der Waals surface area (Å²) in [7, 11) is 0. The molecule has 0 atom stereocenters. The zero-order valence-corrected chi connectivity index (χ0v) is 27.6. The van der Waals surface area contributed by atoms with Crippen molar-refractivity contribution in [3.8, 4) is 0 Å². The number of quaternary nitrogens is 1. The van der Waals surface area contributed by atoms with Crippen LogP contribution in [0.4, 0.5) is 0 Å². The van der Waals surface area contributed by atoms with Gasteiger partial charge in [0.2, 0.25) is 0 Å². The number of aryl methyl sites for hydroxylation is 2. The Bertz CT molecular complexity index is 727. The molecule has 0 aromatic heterocycles. The van der Waals surface area contributed by atoms with Gasteiger partial charge in [-0.05, 0) is 39.5 Å². The molecule has 2 aromatic rings. The number of unbranched alkanes of at least 4 members (excludes halogenated alkanes) is 4. The molecule has 207 valence electrons. The van der Waals surface area contributed by atoms with E-state index in [1.54, 1.807) is 0 Å². The van der Waals surface area contributed by atoms with Crippen LogP contribution in [0.2, 0.25) is 0 Å². The summed E-state index contributed by atoms with van der Waals surface area (Å²) in [6.07, 6.45) is 11.1. The fourth-order valence-corrected chi connectivity index (χ4v) is 4.64. The standard InChI is InChI=1S/C16H36N.2C7H8S2.Ni/c1-5-9-13-17(14-10-6-2,15-11-7-3)16-12-8-4;2*1-5-2-3-6(8)7(9)4-5;/h5-16H2,1-4H3;2*2-4,8-9H,1H3;/q+1;;;+3/p-4. The van der Waals surface area contributed by atoms with Crippen molar-refractivity contribution >= 4 is 50.5 Å². The van der Waals surface area contributed by atoms with E-state index in [0.717, 1.165) is 19.6 Å². The fraction of sp³-hybridized carbons (Fsp3) is 0.600. The molecule has 0 N–H and O–H groups in total. The smallest absolute Gasteiger partial charge is 0.781 e. The average molecular weight is 610 g/mol. The summed E-state index contributed by atoms with van der Waals surface area (Å²) < 4.78 is 1.42. The molecule has 6 heteroatoms. The van der Waals surface area contributed by atoms with Crippen molar-refractivity contribution in [2.24, 2.45) is 0 Å². The number of rotatable bonds is 12. The van der Waals surface area contributed by atoms with E-state index in [0.29, 0.717) is 0 Å². The van der Waals surface area contributed by atoms with E-state index in [2.05, 4.69) is 27.7 Å². The zero-order valence-electron chi connectivity index (χ0n) is 23.3. The van der Waals surface area contributed by atoms with Gasteiger partial charge in [-0.1, -0.05) is 101 Å². The summed E-state index contributed by atoms with van der Waals surface area (Å²) in [6.45, 7) is 19.0. The summed E-state index contributed by atoms with van der Waals surface area (Å²) in [6, 6.07) is 11.5. The summed E-state index contributed by atoms with van der Waals surface area (Å²) in [5.74, 6) is 0. The SMILES string of the molecule is CCCC[N+](CCCC)(CCCC)CCCC.Cc1ccc([S-])c([S-])c1.Cc1ccc([S-])c([S-])c1.[Ni+3]. The topological polar surface area (TPSA) is 0 Å². The summed E-state index contributed by atoms with van der Waals surface area (Å²) >= 11 is 19.7. The molecule has 0 aliphatic carbocycles. The number of hydrogen-bond donors (Lipinski definition) is 0. The maximum absolute atomic E-state index is 4.94. The molecule has 2 rings (SSSR count). The van der Waals surface area contributed by atoms with Gasteiger partial charge in [-0.3, -0.25) is 0 Å². The van der Waals surface area contributed by atoms with Crippen molar-refractivity contribution in [1.82, 2.24) is 0 Å². The van der Waals surface area contributed by atoms with Crippen LogP contribution in [0.3, 0.4) is 0 Å². The Kier molecular flexibility index (Phi) is 23.9. The molecular weight excluding hydrogens is 561 g/mol. The Morgan fingerprint density at radius 2 is 0.778 bits per heavy atom. The Hall–Kier alpha value is -0.226. The molecule has 0 saturated heterocycles. The first-order valence-electron chi connectivity index (χ1n) is 13.4. The van der Waals surface area contributed by atoms with E-state index in [9.17, 15) is 0 Å². The van der Waals surface area contributed by atoms with E-state index in [1.165, 1.54) is 93.2 Å². The fourth-order valence-electron chi connectivity index (χ4n) is 3.88. The molecule has 0 heterocycles. The van der Waals surface area contributed by atoms with Crippen LogP contribution < -0.4 is 0 Å². The van der Waals surface area contributed by atoms with E-state index in [1.807, 2.05) is 50.2 Å². The van der Waals surface area contributed by atoms with Gasteiger partial charge in [0.1, 0.15) is 0 Å². The molecule has 0 amide bonds. The molecule has 1 radical (unpaired) electrons. The maximum Gasteiger partial charge on any atom is 3.00 e. The van der Waals surface area contributed by atoms with Gasteiger partial charge in [0.15, 0.2) is 0 Å². The van der Waals surface area contributed by atoms with E-state index >= 15 is 0 Å². The van der Waals surface area contributed by atoms with E-state index in [4.69, 9.17) is 50.5 Å². The summed E-state index contributed by atoms with van der Waals surface area (Å²) in [5, 5.41) is 0. The molecule has 0 aliphatic rings. The third kappa shape index (κ3) is 17.3. The molecule has 0 fully saturated rings. The first-order chi connectivity index (χ1) is 16.6. The van der Waals surface area contributed by atoms with Crippen molar-refractivity contribution < 1.29 is 21.0 Å². The Balaban J connectivity index is 0. The first-order valence-corrected chi connectivity index (χ1v) is 15.0.